The molecule has 0 N–H and O–H groups in total. The molecule has 1 aliphatic carbocycles. The SMILES string of the molecule is CCCC1CCC(c2ccc(-c3ccc(CCc4cc(F)c(F)c(F)c4)cc3)c(F)c2F)CC1. The molecule has 34 heavy (non-hydrogen) atoms. The zero-order valence-corrected chi connectivity index (χ0v) is 19.3. The lowest BCUT2D eigenvalue weighted by molar-refractivity contribution is 0.303. The summed E-state index contributed by atoms with van der Waals surface area (Å²) in [6.45, 7) is 2.18. The van der Waals surface area contributed by atoms with Gasteiger partial charge in [0.1, 0.15) is 0 Å². The first-order valence-electron chi connectivity index (χ1n) is 12.1. The van der Waals surface area contributed by atoms with Gasteiger partial charge < -0.3 is 0 Å². The van der Waals surface area contributed by atoms with Crippen molar-refractivity contribution in [2.45, 2.75) is 64.2 Å². The molecule has 0 bridgehead atoms. The molecule has 1 fully saturated rings. The Morgan fingerprint density at radius 2 is 1.29 bits per heavy atom. The average Bonchev–Trinajstić information content (AvgIpc) is 2.84. The summed E-state index contributed by atoms with van der Waals surface area (Å²) in [5.41, 5.74) is 2.49. The minimum absolute atomic E-state index is 0.0696. The topological polar surface area (TPSA) is 0 Å². The molecule has 0 unspecified atom stereocenters. The number of benzene rings is 3. The summed E-state index contributed by atoms with van der Waals surface area (Å²) in [7, 11) is 0. The summed E-state index contributed by atoms with van der Waals surface area (Å²) >= 11 is 0. The summed E-state index contributed by atoms with van der Waals surface area (Å²) < 4.78 is 69.9. The van der Waals surface area contributed by atoms with Gasteiger partial charge in [-0.15, -0.1) is 0 Å². The van der Waals surface area contributed by atoms with E-state index in [0.717, 1.165) is 49.8 Å². The van der Waals surface area contributed by atoms with E-state index in [2.05, 4.69) is 6.92 Å². The van der Waals surface area contributed by atoms with Crippen molar-refractivity contribution < 1.29 is 22.0 Å². The summed E-state index contributed by atoms with van der Waals surface area (Å²) in [6, 6.07) is 12.4. The first-order valence-corrected chi connectivity index (χ1v) is 12.1. The van der Waals surface area contributed by atoms with Crippen molar-refractivity contribution in [1.82, 2.24) is 0 Å². The lowest BCUT2D eigenvalue weighted by Crippen LogP contribution is -2.14. The molecule has 0 spiro atoms. The molecule has 0 aromatic heterocycles. The van der Waals surface area contributed by atoms with Gasteiger partial charge in [-0.3, -0.25) is 0 Å². The van der Waals surface area contributed by atoms with Crippen LogP contribution in [0.3, 0.4) is 0 Å². The highest BCUT2D eigenvalue weighted by atomic mass is 19.2. The predicted octanol–water partition coefficient (Wildman–Crippen LogP) is 8.91. The molecule has 0 radical (unpaired) electrons. The Kier molecular flexibility index (Phi) is 7.70. The Hall–Kier alpha value is -2.69. The summed E-state index contributed by atoms with van der Waals surface area (Å²) in [5, 5.41) is 0. The minimum atomic E-state index is -1.47. The molecule has 0 nitrogen and oxygen atoms in total. The van der Waals surface area contributed by atoms with E-state index >= 15 is 4.39 Å². The number of aryl methyl sites for hydroxylation is 2. The molecule has 1 saturated carbocycles. The van der Waals surface area contributed by atoms with Crippen LogP contribution in [0.25, 0.3) is 11.1 Å². The zero-order valence-electron chi connectivity index (χ0n) is 19.3. The van der Waals surface area contributed by atoms with Gasteiger partial charge in [0.25, 0.3) is 0 Å². The molecule has 180 valence electrons. The van der Waals surface area contributed by atoms with Gasteiger partial charge in [0, 0.05) is 5.56 Å². The van der Waals surface area contributed by atoms with Crippen LogP contribution in [0.1, 0.15) is 68.1 Å². The van der Waals surface area contributed by atoms with Crippen LogP contribution in [-0.2, 0) is 12.8 Å². The van der Waals surface area contributed by atoms with Crippen LogP contribution >= 0.6 is 0 Å². The van der Waals surface area contributed by atoms with Gasteiger partial charge in [-0.1, -0.05) is 56.2 Å². The van der Waals surface area contributed by atoms with E-state index in [4.69, 9.17) is 0 Å². The van der Waals surface area contributed by atoms with E-state index in [0.29, 0.717) is 35.4 Å². The van der Waals surface area contributed by atoms with E-state index in [1.54, 1.807) is 36.4 Å². The van der Waals surface area contributed by atoms with Crippen LogP contribution in [0.5, 0.6) is 0 Å². The van der Waals surface area contributed by atoms with Crippen LogP contribution < -0.4 is 0 Å². The van der Waals surface area contributed by atoms with E-state index in [9.17, 15) is 17.6 Å². The van der Waals surface area contributed by atoms with E-state index in [1.807, 2.05) is 0 Å². The lowest BCUT2D eigenvalue weighted by atomic mass is 9.77. The monoisotopic (exact) mass is 472 g/mol. The van der Waals surface area contributed by atoms with Crippen molar-refractivity contribution in [3.8, 4) is 11.1 Å². The molecule has 5 heteroatoms. The van der Waals surface area contributed by atoms with Gasteiger partial charge in [-0.05, 0) is 84.7 Å². The van der Waals surface area contributed by atoms with Crippen LogP contribution in [0.4, 0.5) is 22.0 Å². The second-order valence-electron chi connectivity index (χ2n) is 9.41. The van der Waals surface area contributed by atoms with Crippen molar-refractivity contribution in [2.24, 2.45) is 5.92 Å². The maximum atomic E-state index is 15.0. The number of halogens is 5. The zero-order chi connectivity index (χ0) is 24.2. The van der Waals surface area contributed by atoms with Gasteiger partial charge in [0.2, 0.25) is 0 Å². The third kappa shape index (κ3) is 5.34. The molecular formula is C29H29F5. The quantitative estimate of drug-likeness (QED) is 0.238. The Morgan fingerprint density at radius 3 is 1.91 bits per heavy atom. The molecule has 1 aliphatic rings. The molecule has 0 aliphatic heterocycles. The van der Waals surface area contributed by atoms with Crippen LogP contribution in [-0.4, -0.2) is 0 Å². The van der Waals surface area contributed by atoms with E-state index < -0.39 is 29.1 Å². The van der Waals surface area contributed by atoms with Gasteiger partial charge in [0.05, 0.1) is 0 Å². The fraction of sp³-hybridized carbons (Fsp3) is 0.379. The van der Waals surface area contributed by atoms with Crippen LogP contribution in [0.15, 0.2) is 48.5 Å². The fourth-order valence-corrected chi connectivity index (χ4v) is 5.17. The molecule has 4 rings (SSSR count). The smallest absolute Gasteiger partial charge is 0.194 e. The Morgan fingerprint density at radius 1 is 0.676 bits per heavy atom. The van der Waals surface area contributed by atoms with Crippen molar-refractivity contribution in [3.63, 3.8) is 0 Å². The van der Waals surface area contributed by atoms with Gasteiger partial charge in [0.15, 0.2) is 29.1 Å². The highest BCUT2D eigenvalue weighted by Crippen LogP contribution is 2.40. The van der Waals surface area contributed by atoms with E-state index in [1.165, 1.54) is 6.42 Å². The molecular weight excluding hydrogens is 443 g/mol. The maximum Gasteiger partial charge on any atom is 0.194 e. The Labute approximate surface area is 197 Å². The van der Waals surface area contributed by atoms with Crippen molar-refractivity contribution in [3.05, 3.63) is 94.3 Å². The number of rotatable bonds is 7. The van der Waals surface area contributed by atoms with Crippen LogP contribution in [0, 0.1) is 35.0 Å². The van der Waals surface area contributed by atoms with Crippen molar-refractivity contribution in [1.29, 1.82) is 0 Å². The normalized spacial score (nSPS) is 18.3. The predicted molar refractivity (Wildman–Crippen MR) is 125 cm³/mol. The van der Waals surface area contributed by atoms with Gasteiger partial charge in [-0.25, -0.2) is 22.0 Å². The molecule has 0 amide bonds. The van der Waals surface area contributed by atoms with Crippen molar-refractivity contribution >= 4 is 0 Å². The van der Waals surface area contributed by atoms with Gasteiger partial charge >= 0.3 is 0 Å². The molecule has 3 aromatic rings. The van der Waals surface area contributed by atoms with E-state index in [-0.39, 0.29) is 11.5 Å². The second kappa shape index (κ2) is 10.7. The van der Waals surface area contributed by atoms with Crippen molar-refractivity contribution in [2.75, 3.05) is 0 Å². The Balaban J connectivity index is 1.44. The average molecular weight is 473 g/mol. The third-order valence-electron chi connectivity index (χ3n) is 7.11. The maximum absolute atomic E-state index is 15.0. The molecule has 0 saturated heterocycles. The van der Waals surface area contributed by atoms with Crippen LogP contribution in [0.2, 0.25) is 0 Å². The third-order valence-corrected chi connectivity index (χ3v) is 7.11. The number of hydrogen-bond acceptors (Lipinski definition) is 0. The standard InChI is InChI=1S/C29H29F5/c1-2-3-18-6-10-21(11-7-18)23-14-15-24(28(33)27(23)32)22-12-8-19(9-13-22)4-5-20-16-25(30)29(34)26(31)17-20/h8-9,12-18,21H,2-7,10-11H2,1H3. The fourth-order valence-electron chi connectivity index (χ4n) is 5.17. The largest absolute Gasteiger partial charge is 0.204 e. The lowest BCUT2D eigenvalue weighted by Gasteiger charge is -2.29. The first-order chi connectivity index (χ1) is 16.4. The summed E-state index contributed by atoms with van der Waals surface area (Å²) in [4.78, 5) is 0. The first kappa shape index (κ1) is 24.4. The highest BCUT2D eigenvalue weighted by Gasteiger charge is 2.26. The Bertz CT molecular complexity index is 1100. The summed E-state index contributed by atoms with van der Waals surface area (Å²) in [5.74, 6) is -4.69. The minimum Gasteiger partial charge on any atom is -0.204 e. The van der Waals surface area contributed by atoms with Gasteiger partial charge in [-0.2, -0.15) is 0 Å². The summed E-state index contributed by atoms with van der Waals surface area (Å²) in [6.07, 6.45) is 7.10. The highest BCUT2D eigenvalue weighted by molar-refractivity contribution is 5.65. The number of hydrogen-bond donors (Lipinski definition) is 0. The molecule has 0 atom stereocenters. The molecule has 0 heterocycles. The second-order valence-corrected chi connectivity index (χ2v) is 9.41. The molecule has 3 aromatic carbocycles.